The van der Waals surface area contributed by atoms with Crippen LogP contribution in [0.4, 0.5) is 0 Å². The Morgan fingerprint density at radius 3 is 2.12 bits per heavy atom. The van der Waals surface area contributed by atoms with Crippen molar-refractivity contribution in [3.8, 4) is 0 Å². The molecule has 2 aliphatic rings. The van der Waals surface area contributed by atoms with Crippen LogP contribution >= 0.6 is 0 Å². The van der Waals surface area contributed by atoms with Crippen LogP contribution in [0.1, 0.15) is 58.3 Å². The average molecular weight is 259 g/mol. The van der Waals surface area contributed by atoms with Crippen molar-refractivity contribution >= 4 is 10.0 Å². The van der Waals surface area contributed by atoms with Gasteiger partial charge in [0.05, 0.1) is 5.75 Å². The number of nitrogens with zero attached hydrogens (tertiary/aromatic N) is 1. The Morgan fingerprint density at radius 2 is 1.59 bits per heavy atom. The van der Waals surface area contributed by atoms with Gasteiger partial charge in [-0.1, -0.05) is 26.2 Å². The second-order valence-electron chi connectivity index (χ2n) is 5.78. The van der Waals surface area contributed by atoms with Crippen molar-refractivity contribution < 1.29 is 8.42 Å². The maximum absolute atomic E-state index is 12.0. The standard InChI is InChI=1S/C13H25NO2S/c1-2-12-17(15,16)14-10-8-13(9-11-14)6-4-3-5-7-13/h2-12H2,1H3. The molecule has 17 heavy (non-hydrogen) atoms. The lowest BCUT2D eigenvalue weighted by atomic mass is 9.68. The zero-order valence-corrected chi connectivity index (χ0v) is 11.8. The fourth-order valence-electron chi connectivity index (χ4n) is 3.43. The molecule has 0 unspecified atom stereocenters. The molecule has 1 spiro atoms. The van der Waals surface area contributed by atoms with Crippen molar-refractivity contribution in [2.24, 2.45) is 5.41 Å². The summed E-state index contributed by atoms with van der Waals surface area (Å²) < 4.78 is 25.7. The monoisotopic (exact) mass is 259 g/mol. The molecule has 0 aromatic heterocycles. The van der Waals surface area contributed by atoms with E-state index in [0.29, 0.717) is 11.2 Å². The van der Waals surface area contributed by atoms with E-state index >= 15 is 0 Å². The molecule has 2 rings (SSSR count). The van der Waals surface area contributed by atoms with E-state index in [2.05, 4.69) is 0 Å². The molecule has 4 heteroatoms. The quantitative estimate of drug-likeness (QED) is 0.781. The van der Waals surface area contributed by atoms with Gasteiger partial charge in [0, 0.05) is 13.1 Å². The van der Waals surface area contributed by atoms with Crippen molar-refractivity contribution in [3.63, 3.8) is 0 Å². The van der Waals surface area contributed by atoms with Crippen LogP contribution in [-0.2, 0) is 10.0 Å². The molecule has 0 aromatic rings. The maximum atomic E-state index is 12.0. The van der Waals surface area contributed by atoms with E-state index in [1.54, 1.807) is 4.31 Å². The molecule has 0 radical (unpaired) electrons. The topological polar surface area (TPSA) is 37.4 Å². The molecule has 3 nitrogen and oxygen atoms in total. The number of hydrogen-bond acceptors (Lipinski definition) is 2. The Balaban J connectivity index is 1.93. The van der Waals surface area contributed by atoms with Crippen LogP contribution in [0.25, 0.3) is 0 Å². The summed E-state index contributed by atoms with van der Waals surface area (Å²) in [5, 5.41) is 0. The minimum Gasteiger partial charge on any atom is -0.212 e. The molecule has 0 aromatic carbocycles. The summed E-state index contributed by atoms with van der Waals surface area (Å²) in [6, 6.07) is 0. The van der Waals surface area contributed by atoms with Gasteiger partial charge in [-0.3, -0.25) is 0 Å². The van der Waals surface area contributed by atoms with Crippen LogP contribution in [0, 0.1) is 5.41 Å². The predicted molar refractivity (Wildman–Crippen MR) is 70.4 cm³/mol. The highest BCUT2D eigenvalue weighted by Gasteiger charge is 2.38. The Bertz CT molecular complexity index is 334. The minimum atomic E-state index is -2.96. The molecule has 1 saturated carbocycles. The van der Waals surface area contributed by atoms with Crippen molar-refractivity contribution in [1.29, 1.82) is 0 Å². The number of piperidine rings is 1. The van der Waals surface area contributed by atoms with Crippen molar-refractivity contribution in [1.82, 2.24) is 4.31 Å². The van der Waals surface area contributed by atoms with Gasteiger partial charge in [-0.05, 0) is 37.5 Å². The lowest BCUT2D eigenvalue weighted by Crippen LogP contribution is -2.44. The summed E-state index contributed by atoms with van der Waals surface area (Å²) in [6.07, 6.45) is 9.64. The minimum absolute atomic E-state index is 0.319. The Kier molecular flexibility index (Phi) is 4.14. The highest BCUT2D eigenvalue weighted by molar-refractivity contribution is 7.89. The van der Waals surface area contributed by atoms with Gasteiger partial charge in [-0.25, -0.2) is 12.7 Å². The lowest BCUT2D eigenvalue weighted by molar-refractivity contribution is 0.102. The fourth-order valence-corrected chi connectivity index (χ4v) is 4.94. The molecule has 1 heterocycles. The lowest BCUT2D eigenvalue weighted by Gasteiger charge is -2.43. The van der Waals surface area contributed by atoms with Crippen LogP contribution in [0.5, 0.6) is 0 Å². The van der Waals surface area contributed by atoms with Crippen molar-refractivity contribution in [3.05, 3.63) is 0 Å². The van der Waals surface area contributed by atoms with E-state index in [9.17, 15) is 8.42 Å². The first-order valence-corrected chi connectivity index (χ1v) is 8.67. The average Bonchev–Trinajstić information content (AvgIpc) is 2.30. The second kappa shape index (κ2) is 5.27. The third-order valence-corrected chi connectivity index (χ3v) is 6.63. The van der Waals surface area contributed by atoms with E-state index in [4.69, 9.17) is 0 Å². The summed E-state index contributed by atoms with van der Waals surface area (Å²) in [5.74, 6) is 0.319. The van der Waals surface area contributed by atoms with Gasteiger partial charge in [0.2, 0.25) is 10.0 Å². The molecule has 1 aliphatic carbocycles. The molecule has 1 aliphatic heterocycles. The van der Waals surface area contributed by atoms with E-state index in [0.717, 1.165) is 32.4 Å². The number of sulfonamides is 1. The maximum Gasteiger partial charge on any atom is 0.214 e. The van der Waals surface area contributed by atoms with E-state index in [1.165, 1.54) is 32.1 Å². The zero-order valence-electron chi connectivity index (χ0n) is 11.0. The van der Waals surface area contributed by atoms with Crippen LogP contribution in [0.3, 0.4) is 0 Å². The highest BCUT2D eigenvalue weighted by atomic mass is 32.2. The number of rotatable bonds is 3. The highest BCUT2D eigenvalue weighted by Crippen LogP contribution is 2.44. The third kappa shape index (κ3) is 3.02. The third-order valence-electron chi connectivity index (χ3n) is 4.55. The molecule has 1 saturated heterocycles. The molecule has 0 amide bonds. The van der Waals surface area contributed by atoms with Crippen molar-refractivity contribution in [2.45, 2.75) is 58.3 Å². The van der Waals surface area contributed by atoms with E-state index in [1.807, 2.05) is 6.92 Å². The van der Waals surface area contributed by atoms with E-state index < -0.39 is 10.0 Å². The zero-order chi connectivity index (χ0) is 12.4. The first-order chi connectivity index (χ1) is 8.08. The summed E-state index contributed by atoms with van der Waals surface area (Å²) in [7, 11) is -2.96. The second-order valence-corrected chi connectivity index (χ2v) is 7.86. The molecular weight excluding hydrogens is 234 g/mol. The van der Waals surface area contributed by atoms with Crippen LogP contribution in [-0.4, -0.2) is 31.6 Å². The molecular formula is C13H25NO2S. The van der Waals surface area contributed by atoms with Gasteiger partial charge in [-0.15, -0.1) is 0 Å². The predicted octanol–water partition coefficient (Wildman–Crippen LogP) is 2.77. The fraction of sp³-hybridized carbons (Fsp3) is 1.00. The van der Waals surface area contributed by atoms with Crippen LogP contribution < -0.4 is 0 Å². The SMILES string of the molecule is CCCS(=O)(=O)N1CCC2(CCCCC2)CC1. The summed E-state index contributed by atoms with van der Waals surface area (Å²) in [4.78, 5) is 0. The molecule has 0 N–H and O–H groups in total. The smallest absolute Gasteiger partial charge is 0.212 e. The van der Waals surface area contributed by atoms with Gasteiger partial charge in [0.15, 0.2) is 0 Å². The van der Waals surface area contributed by atoms with Crippen LogP contribution in [0.15, 0.2) is 0 Å². The van der Waals surface area contributed by atoms with Gasteiger partial charge in [-0.2, -0.15) is 0 Å². The summed E-state index contributed by atoms with van der Waals surface area (Å²) >= 11 is 0. The summed E-state index contributed by atoms with van der Waals surface area (Å²) in [6.45, 7) is 3.47. The van der Waals surface area contributed by atoms with Crippen molar-refractivity contribution in [2.75, 3.05) is 18.8 Å². The normalized spacial score (nSPS) is 26.2. The van der Waals surface area contributed by atoms with Gasteiger partial charge in [0.1, 0.15) is 0 Å². The largest absolute Gasteiger partial charge is 0.214 e. The van der Waals surface area contributed by atoms with Gasteiger partial charge >= 0.3 is 0 Å². The Morgan fingerprint density at radius 1 is 1.00 bits per heavy atom. The Hall–Kier alpha value is -0.0900. The first kappa shape index (κ1) is 13.3. The van der Waals surface area contributed by atoms with Crippen LogP contribution in [0.2, 0.25) is 0 Å². The number of hydrogen-bond donors (Lipinski definition) is 0. The molecule has 0 bridgehead atoms. The molecule has 0 atom stereocenters. The molecule has 100 valence electrons. The Labute approximate surface area is 106 Å². The first-order valence-electron chi connectivity index (χ1n) is 7.06. The van der Waals surface area contributed by atoms with E-state index in [-0.39, 0.29) is 0 Å². The van der Waals surface area contributed by atoms with Gasteiger partial charge < -0.3 is 0 Å². The molecule has 2 fully saturated rings. The summed E-state index contributed by atoms with van der Waals surface area (Å²) in [5.41, 5.74) is 0.497. The van der Waals surface area contributed by atoms with Gasteiger partial charge in [0.25, 0.3) is 0 Å².